The van der Waals surface area contributed by atoms with Crippen LogP contribution in [0.25, 0.3) is 0 Å². The minimum Gasteiger partial charge on any atom is -0.321 e. The van der Waals surface area contributed by atoms with Crippen molar-refractivity contribution >= 4 is 0 Å². The van der Waals surface area contributed by atoms with Gasteiger partial charge >= 0.3 is 0 Å². The molecule has 0 fully saturated rings. The summed E-state index contributed by atoms with van der Waals surface area (Å²) in [5, 5.41) is 12.1. The molecule has 1 N–H and O–H groups in total. The number of nitriles is 1. The molecule has 0 bridgehead atoms. The number of aromatic nitrogens is 2. The number of hydrogen-bond donors (Lipinski definition) is 1. The number of rotatable bonds is 3. The summed E-state index contributed by atoms with van der Waals surface area (Å²) in [6.45, 7) is 7.97. The molecule has 0 spiro atoms. The Labute approximate surface area is 84.6 Å². The van der Waals surface area contributed by atoms with Gasteiger partial charge in [-0.1, -0.05) is 0 Å². The molecule has 0 aliphatic carbocycles. The highest BCUT2D eigenvalue weighted by Crippen LogP contribution is 1.99. The molecule has 0 unspecified atom stereocenters. The lowest BCUT2D eigenvalue weighted by molar-refractivity contribution is 0.412. The van der Waals surface area contributed by atoms with Gasteiger partial charge < -0.3 is 9.88 Å². The molecule has 4 nitrogen and oxygen atoms in total. The molecule has 0 saturated heterocycles. The standard InChI is InChI=1S/C10H16N4/c1-10(2,3)13-5-7-14-6-4-12-9(14)8-11/h4,6,13H,5,7H2,1-3H3. The van der Waals surface area contributed by atoms with Crippen LogP contribution >= 0.6 is 0 Å². The summed E-state index contributed by atoms with van der Waals surface area (Å²) >= 11 is 0. The monoisotopic (exact) mass is 192 g/mol. The first kappa shape index (κ1) is 10.7. The highest BCUT2D eigenvalue weighted by atomic mass is 15.1. The lowest BCUT2D eigenvalue weighted by Crippen LogP contribution is -2.37. The summed E-state index contributed by atoms with van der Waals surface area (Å²) < 4.78 is 1.85. The molecule has 0 aliphatic rings. The summed E-state index contributed by atoms with van der Waals surface area (Å²) in [6, 6.07) is 2.05. The van der Waals surface area contributed by atoms with Crippen LogP contribution in [0.15, 0.2) is 12.4 Å². The van der Waals surface area contributed by atoms with Crippen molar-refractivity contribution in [1.29, 1.82) is 5.26 Å². The Hall–Kier alpha value is -1.34. The predicted octanol–water partition coefficient (Wildman–Crippen LogP) is 1.14. The van der Waals surface area contributed by atoms with Gasteiger partial charge in [-0.05, 0) is 20.8 Å². The van der Waals surface area contributed by atoms with Gasteiger partial charge in [-0.2, -0.15) is 5.26 Å². The van der Waals surface area contributed by atoms with Crippen LogP contribution in [0.2, 0.25) is 0 Å². The highest BCUT2D eigenvalue weighted by molar-refractivity contribution is 5.10. The SMILES string of the molecule is CC(C)(C)NCCn1ccnc1C#N. The molecule has 0 radical (unpaired) electrons. The Morgan fingerprint density at radius 3 is 2.86 bits per heavy atom. The molecule has 0 amide bonds. The molecule has 0 saturated carbocycles. The Bertz CT molecular complexity index is 327. The third-order valence-electron chi connectivity index (χ3n) is 1.82. The van der Waals surface area contributed by atoms with E-state index in [-0.39, 0.29) is 5.54 Å². The highest BCUT2D eigenvalue weighted by Gasteiger charge is 2.08. The van der Waals surface area contributed by atoms with Crippen molar-refractivity contribution in [2.24, 2.45) is 0 Å². The van der Waals surface area contributed by atoms with Gasteiger partial charge in [0.2, 0.25) is 5.82 Å². The molecule has 4 heteroatoms. The fourth-order valence-corrected chi connectivity index (χ4v) is 1.15. The Morgan fingerprint density at radius 2 is 2.29 bits per heavy atom. The van der Waals surface area contributed by atoms with E-state index in [4.69, 9.17) is 5.26 Å². The Balaban J connectivity index is 2.43. The van der Waals surface area contributed by atoms with Gasteiger partial charge in [-0.3, -0.25) is 0 Å². The second kappa shape index (κ2) is 4.25. The van der Waals surface area contributed by atoms with Gasteiger partial charge in [0.25, 0.3) is 0 Å². The van der Waals surface area contributed by atoms with Crippen molar-refractivity contribution in [2.45, 2.75) is 32.9 Å². The van der Waals surface area contributed by atoms with Crippen LogP contribution in [-0.2, 0) is 6.54 Å². The second-order valence-corrected chi connectivity index (χ2v) is 4.23. The van der Waals surface area contributed by atoms with Crippen LogP contribution in [0, 0.1) is 11.3 Å². The van der Waals surface area contributed by atoms with E-state index in [1.807, 2.05) is 16.8 Å². The van der Waals surface area contributed by atoms with Gasteiger partial charge in [0, 0.05) is 31.0 Å². The van der Waals surface area contributed by atoms with Gasteiger partial charge in [-0.25, -0.2) is 4.98 Å². The van der Waals surface area contributed by atoms with Crippen molar-refractivity contribution in [3.63, 3.8) is 0 Å². The van der Waals surface area contributed by atoms with E-state index in [0.29, 0.717) is 5.82 Å². The van der Waals surface area contributed by atoms with E-state index in [1.165, 1.54) is 0 Å². The quantitative estimate of drug-likeness (QED) is 0.781. The summed E-state index contributed by atoms with van der Waals surface area (Å²) in [7, 11) is 0. The Morgan fingerprint density at radius 1 is 1.57 bits per heavy atom. The molecule has 1 aromatic heterocycles. The van der Waals surface area contributed by atoms with E-state index < -0.39 is 0 Å². The van der Waals surface area contributed by atoms with E-state index >= 15 is 0 Å². The molecule has 14 heavy (non-hydrogen) atoms. The minimum atomic E-state index is 0.118. The Kier molecular flexibility index (Phi) is 3.26. The third kappa shape index (κ3) is 3.19. The number of hydrogen-bond acceptors (Lipinski definition) is 3. The third-order valence-corrected chi connectivity index (χ3v) is 1.82. The first-order chi connectivity index (χ1) is 6.53. The normalized spacial score (nSPS) is 11.3. The van der Waals surface area contributed by atoms with Crippen molar-refractivity contribution < 1.29 is 0 Å². The maximum atomic E-state index is 8.71. The van der Waals surface area contributed by atoms with Crippen molar-refractivity contribution in [3.05, 3.63) is 18.2 Å². The molecule has 0 aliphatic heterocycles. The van der Waals surface area contributed by atoms with Gasteiger partial charge in [0.15, 0.2) is 0 Å². The first-order valence-corrected chi connectivity index (χ1v) is 4.69. The lowest BCUT2D eigenvalue weighted by Gasteiger charge is -2.20. The van der Waals surface area contributed by atoms with E-state index in [0.717, 1.165) is 13.1 Å². The van der Waals surface area contributed by atoms with Crippen molar-refractivity contribution in [3.8, 4) is 6.07 Å². The van der Waals surface area contributed by atoms with E-state index in [1.54, 1.807) is 6.20 Å². The summed E-state index contributed by atoms with van der Waals surface area (Å²) in [5.41, 5.74) is 0.118. The zero-order valence-electron chi connectivity index (χ0n) is 8.91. The average molecular weight is 192 g/mol. The molecule has 1 rings (SSSR count). The zero-order valence-corrected chi connectivity index (χ0v) is 8.91. The molecular weight excluding hydrogens is 176 g/mol. The van der Waals surface area contributed by atoms with E-state index in [2.05, 4.69) is 31.1 Å². The number of nitrogens with one attached hydrogen (secondary N) is 1. The number of imidazole rings is 1. The molecule has 1 heterocycles. The zero-order chi connectivity index (χ0) is 10.6. The summed E-state index contributed by atoms with van der Waals surface area (Å²) in [5.74, 6) is 0.473. The average Bonchev–Trinajstić information content (AvgIpc) is 2.49. The van der Waals surface area contributed by atoms with Crippen LogP contribution in [0.5, 0.6) is 0 Å². The van der Waals surface area contributed by atoms with Crippen LogP contribution in [0.3, 0.4) is 0 Å². The van der Waals surface area contributed by atoms with Crippen molar-refractivity contribution in [1.82, 2.24) is 14.9 Å². The smallest absolute Gasteiger partial charge is 0.212 e. The maximum absolute atomic E-state index is 8.71. The number of nitrogens with zero attached hydrogens (tertiary/aromatic N) is 3. The predicted molar refractivity (Wildman–Crippen MR) is 54.7 cm³/mol. The van der Waals surface area contributed by atoms with Crippen LogP contribution < -0.4 is 5.32 Å². The summed E-state index contributed by atoms with van der Waals surface area (Å²) in [6.07, 6.45) is 3.47. The van der Waals surface area contributed by atoms with Crippen LogP contribution in [0.1, 0.15) is 26.6 Å². The van der Waals surface area contributed by atoms with Gasteiger partial charge in [0.1, 0.15) is 6.07 Å². The minimum absolute atomic E-state index is 0.118. The van der Waals surface area contributed by atoms with E-state index in [9.17, 15) is 0 Å². The fraction of sp³-hybridized carbons (Fsp3) is 0.600. The maximum Gasteiger partial charge on any atom is 0.212 e. The molecule has 0 aromatic carbocycles. The fourth-order valence-electron chi connectivity index (χ4n) is 1.15. The van der Waals surface area contributed by atoms with Gasteiger partial charge in [-0.15, -0.1) is 0 Å². The molecule has 0 atom stereocenters. The summed E-state index contributed by atoms with van der Waals surface area (Å²) in [4.78, 5) is 3.92. The second-order valence-electron chi connectivity index (χ2n) is 4.23. The topological polar surface area (TPSA) is 53.6 Å². The van der Waals surface area contributed by atoms with Gasteiger partial charge in [0.05, 0.1) is 0 Å². The van der Waals surface area contributed by atoms with Crippen LogP contribution in [-0.4, -0.2) is 21.6 Å². The van der Waals surface area contributed by atoms with Crippen molar-refractivity contribution in [2.75, 3.05) is 6.54 Å². The molecular formula is C10H16N4. The first-order valence-electron chi connectivity index (χ1n) is 4.69. The lowest BCUT2D eigenvalue weighted by atomic mass is 10.1. The molecule has 76 valence electrons. The largest absolute Gasteiger partial charge is 0.321 e. The van der Waals surface area contributed by atoms with Crippen LogP contribution in [0.4, 0.5) is 0 Å². The molecule has 1 aromatic rings.